The monoisotopic (exact) mass is 181 g/mol. The molecule has 1 saturated carbocycles. The van der Waals surface area contributed by atoms with E-state index in [-0.39, 0.29) is 6.10 Å². The van der Waals surface area contributed by atoms with Crippen molar-refractivity contribution in [2.75, 3.05) is 0 Å². The quantitative estimate of drug-likeness (QED) is 0.740. The van der Waals surface area contributed by atoms with Crippen LogP contribution in [0.15, 0.2) is 6.20 Å². The van der Waals surface area contributed by atoms with Gasteiger partial charge in [0.25, 0.3) is 0 Å². The molecule has 1 aromatic rings. The molecule has 2 rings (SSSR count). The van der Waals surface area contributed by atoms with Crippen LogP contribution in [0.2, 0.25) is 0 Å². The van der Waals surface area contributed by atoms with Gasteiger partial charge in [-0.2, -0.15) is 0 Å². The third-order valence-corrected chi connectivity index (χ3v) is 2.23. The summed E-state index contributed by atoms with van der Waals surface area (Å²) in [5, 5.41) is 17.1. The maximum Gasteiger partial charge on any atom is 0.0852 e. The summed E-state index contributed by atoms with van der Waals surface area (Å²) in [4.78, 5) is 0. The lowest BCUT2D eigenvalue weighted by Crippen LogP contribution is -2.04. The first-order valence-electron chi connectivity index (χ1n) is 4.81. The Labute approximate surface area is 77.6 Å². The molecule has 1 heterocycles. The minimum atomic E-state index is -0.328. The predicted molar refractivity (Wildman–Crippen MR) is 48.1 cm³/mol. The molecular formula is C9H15N3O. The third kappa shape index (κ3) is 2.52. The zero-order valence-corrected chi connectivity index (χ0v) is 7.85. The normalized spacial score (nSPS) is 18.9. The first-order valence-corrected chi connectivity index (χ1v) is 4.81. The molecule has 0 aliphatic heterocycles. The third-order valence-electron chi connectivity index (χ3n) is 2.23. The zero-order chi connectivity index (χ0) is 9.26. The molecule has 0 bridgehead atoms. The van der Waals surface area contributed by atoms with Crippen LogP contribution in [-0.4, -0.2) is 26.2 Å². The van der Waals surface area contributed by atoms with E-state index >= 15 is 0 Å². The highest BCUT2D eigenvalue weighted by Crippen LogP contribution is 2.30. The Kier molecular flexibility index (Phi) is 2.31. The van der Waals surface area contributed by atoms with Gasteiger partial charge in [-0.3, -0.25) is 4.68 Å². The molecule has 1 aromatic heterocycles. The first kappa shape index (κ1) is 8.69. The highest BCUT2D eigenvalue weighted by Gasteiger charge is 2.22. The van der Waals surface area contributed by atoms with Gasteiger partial charge in [0.15, 0.2) is 0 Å². The lowest BCUT2D eigenvalue weighted by atomic mass is 10.2. The average molecular weight is 181 g/mol. The number of nitrogens with zero attached hydrogens (tertiary/aromatic N) is 3. The van der Waals surface area contributed by atoms with Crippen molar-refractivity contribution in [3.8, 4) is 0 Å². The van der Waals surface area contributed by atoms with E-state index in [0.717, 1.165) is 18.2 Å². The van der Waals surface area contributed by atoms with Crippen LogP contribution in [0.1, 0.15) is 25.5 Å². The first-order chi connectivity index (χ1) is 6.24. The summed E-state index contributed by atoms with van der Waals surface area (Å²) < 4.78 is 1.88. The largest absolute Gasteiger partial charge is 0.393 e. The highest BCUT2D eigenvalue weighted by molar-refractivity contribution is 4.94. The number of aromatic nitrogens is 3. The van der Waals surface area contributed by atoms with E-state index in [1.165, 1.54) is 12.8 Å². The fourth-order valence-electron chi connectivity index (χ4n) is 1.39. The number of aliphatic hydroxyl groups is 1. The van der Waals surface area contributed by atoms with Gasteiger partial charge >= 0.3 is 0 Å². The van der Waals surface area contributed by atoms with E-state index in [2.05, 4.69) is 10.3 Å². The van der Waals surface area contributed by atoms with Gasteiger partial charge in [-0.25, -0.2) is 0 Å². The average Bonchev–Trinajstić information content (AvgIpc) is 2.73. The number of hydrogen-bond acceptors (Lipinski definition) is 3. The summed E-state index contributed by atoms with van der Waals surface area (Å²) in [6, 6.07) is 0. The van der Waals surface area contributed by atoms with Crippen LogP contribution in [0.4, 0.5) is 0 Å². The maximum atomic E-state index is 9.13. The standard InChI is InChI=1S/C9H15N3O/c1-7(13)4-9-6-12(11-10-9)5-8-2-3-8/h6-8,13H,2-5H2,1H3. The molecule has 1 aliphatic rings. The molecule has 0 aromatic carbocycles. The summed E-state index contributed by atoms with van der Waals surface area (Å²) in [7, 11) is 0. The van der Waals surface area contributed by atoms with Crippen LogP contribution < -0.4 is 0 Å². The molecule has 1 fully saturated rings. The molecule has 0 saturated heterocycles. The zero-order valence-electron chi connectivity index (χ0n) is 7.85. The molecule has 72 valence electrons. The van der Waals surface area contributed by atoms with Crippen molar-refractivity contribution < 1.29 is 5.11 Å². The molecule has 1 aliphatic carbocycles. The van der Waals surface area contributed by atoms with Gasteiger partial charge in [-0.1, -0.05) is 5.21 Å². The van der Waals surface area contributed by atoms with E-state index in [4.69, 9.17) is 5.11 Å². The summed E-state index contributed by atoms with van der Waals surface area (Å²) in [6.45, 7) is 2.76. The number of hydrogen-bond donors (Lipinski definition) is 1. The molecule has 0 radical (unpaired) electrons. The van der Waals surface area contributed by atoms with E-state index in [1.807, 2.05) is 10.9 Å². The number of rotatable bonds is 4. The Morgan fingerprint density at radius 1 is 1.69 bits per heavy atom. The van der Waals surface area contributed by atoms with Crippen molar-refractivity contribution in [1.29, 1.82) is 0 Å². The van der Waals surface area contributed by atoms with Crippen LogP contribution in [0.3, 0.4) is 0 Å². The SMILES string of the molecule is CC(O)Cc1cn(CC2CC2)nn1. The second-order valence-electron chi connectivity index (χ2n) is 3.93. The fraction of sp³-hybridized carbons (Fsp3) is 0.778. The Morgan fingerprint density at radius 3 is 3.08 bits per heavy atom. The van der Waals surface area contributed by atoms with Crippen LogP contribution in [0.25, 0.3) is 0 Å². The molecule has 1 atom stereocenters. The molecule has 1 N–H and O–H groups in total. The molecule has 1 unspecified atom stereocenters. The Balaban J connectivity index is 1.91. The van der Waals surface area contributed by atoms with Gasteiger partial charge in [0.05, 0.1) is 11.8 Å². The van der Waals surface area contributed by atoms with Crippen molar-refractivity contribution in [2.24, 2.45) is 5.92 Å². The van der Waals surface area contributed by atoms with Crippen LogP contribution >= 0.6 is 0 Å². The van der Waals surface area contributed by atoms with E-state index in [0.29, 0.717) is 6.42 Å². The van der Waals surface area contributed by atoms with Gasteiger partial charge in [0.2, 0.25) is 0 Å². The van der Waals surface area contributed by atoms with E-state index < -0.39 is 0 Å². The van der Waals surface area contributed by atoms with Crippen molar-refractivity contribution >= 4 is 0 Å². The van der Waals surface area contributed by atoms with Crippen LogP contribution in [0.5, 0.6) is 0 Å². The minimum Gasteiger partial charge on any atom is -0.393 e. The van der Waals surface area contributed by atoms with Crippen molar-refractivity contribution in [1.82, 2.24) is 15.0 Å². The second-order valence-corrected chi connectivity index (χ2v) is 3.93. The van der Waals surface area contributed by atoms with Crippen molar-refractivity contribution in [3.05, 3.63) is 11.9 Å². The highest BCUT2D eigenvalue weighted by atomic mass is 16.3. The minimum absolute atomic E-state index is 0.328. The Hall–Kier alpha value is -0.900. The fourth-order valence-corrected chi connectivity index (χ4v) is 1.39. The topological polar surface area (TPSA) is 50.9 Å². The summed E-state index contributed by atoms with van der Waals surface area (Å²) in [5.74, 6) is 0.820. The summed E-state index contributed by atoms with van der Waals surface area (Å²) >= 11 is 0. The van der Waals surface area contributed by atoms with Crippen LogP contribution in [0, 0.1) is 5.92 Å². The maximum absolute atomic E-state index is 9.13. The van der Waals surface area contributed by atoms with Gasteiger partial charge in [-0.05, 0) is 25.7 Å². The molecule has 4 heteroatoms. The lowest BCUT2D eigenvalue weighted by molar-refractivity contribution is 0.194. The Bertz CT molecular complexity index is 260. The van der Waals surface area contributed by atoms with Crippen LogP contribution in [-0.2, 0) is 13.0 Å². The smallest absolute Gasteiger partial charge is 0.0852 e. The lowest BCUT2D eigenvalue weighted by Gasteiger charge is -1.97. The van der Waals surface area contributed by atoms with Gasteiger partial charge in [0, 0.05) is 19.2 Å². The van der Waals surface area contributed by atoms with Gasteiger partial charge in [-0.15, -0.1) is 5.10 Å². The summed E-state index contributed by atoms with van der Waals surface area (Å²) in [5.41, 5.74) is 0.885. The van der Waals surface area contributed by atoms with Gasteiger partial charge < -0.3 is 5.11 Å². The van der Waals surface area contributed by atoms with Gasteiger partial charge in [0.1, 0.15) is 0 Å². The van der Waals surface area contributed by atoms with E-state index in [1.54, 1.807) is 6.92 Å². The number of aliphatic hydroxyl groups excluding tert-OH is 1. The molecule has 0 amide bonds. The van der Waals surface area contributed by atoms with E-state index in [9.17, 15) is 0 Å². The predicted octanol–water partition coefficient (Wildman–Crippen LogP) is 0.611. The molecule has 13 heavy (non-hydrogen) atoms. The summed E-state index contributed by atoms with van der Waals surface area (Å²) in [6.07, 6.45) is 4.86. The van der Waals surface area contributed by atoms with Crippen molar-refractivity contribution in [3.63, 3.8) is 0 Å². The molecule has 0 spiro atoms. The second kappa shape index (κ2) is 3.46. The molecular weight excluding hydrogens is 166 g/mol. The molecule has 4 nitrogen and oxygen atoms in total. The van der Waals surface area contributed by atoms with Crippen molar-refractivity contribution in [2.45, 2.75) is 38.8 Å². The Morgan fingerprint density at radius 2 is 2.46 bits per heavy atom.